The summed E-state index contributed by atoms with van der Waals surface area (Å²) in [6, 6.07) is 8.17. The van der Waals surface area contributed by atoms with Gasteiger partial charge >= 0.3 is 0 Å². The Morgan fingerprint density at radius 1 is 0.964 bits per heavy atom. The molecule has 0 amide bonds. The number of aryl methyl sites for hydroxylation is 1. The largest absolute Gasteiger partial charge is 0.494 e. The Kier molecular flexibility index (Phi) is 8.32. The van der Waals surface area contributed by atoms with Gasteiger partial charge in [0.1, 0.15) is 5.75 Å². The molecule has 28 heavy (non-hydrogen) atoms. The SMILES string of the molecule is CCCCCCCCC1CCc2nc(-c3ccc(OCCC)cc3)ncc2C1. The normalized spacial score (nSPS) is 16.0. The van der Waals surface area contributed by atoms with Gasteiger partial charge in [0.05, 0.1) is 6.61 Å². The molecule has 0 bridgehead atoms. The molecule has 0 saturated carbocycles. The molecular formula is C25H36N2O. The quantitative estimate of drug-likeness (QED) is 0.403. The zero-order valence-electron chi connectivity index (χ0n) is 17.8. The lowest BCUT2D eigenvalue weighted by Crippen LogP contribution is -2.16. The molecule has 0 spiro atoms. The number of benzene rings is 1. The van der Waals surface area contributed by atoms with E-state index in [0.29, 0.717) is 0 Å². The van der Waals surface area contributed by atoms with Crippen molar-refractivity contribution in [2.24, 2.45) is 5.92 Å². The maximum Gasteiger partial charge on any atom is 0.159 e. The van der Waals surface area contributed by atoms with E-state index in [1.54, 1.807) is 0 Å². The summed E-state index contributed by atoms with van der Waals surface area (Å²) in [6.45, 7) is 5.16. The Bertz CT molecular complexity index is 711. The monoisotopic (exact) mass is 380 g/mol. The van der Waals surface area contributed by atoms with Crippen LogP contribution < -0.4 is 4.74 Å². The van der Waals surface area contributed by atoms with Crippen molar-refractivity contribution in [3.05, 3.63) is 41.7 Å². The molecule has 0 aliphatic heterocycles. The van der Waals surface area contributed by atoms with Crippen LogP contribution in [0.2, 0.25) is 0 Å². The van der Waals surface area contributed by atoms with Gasteiger partial charge in [0.25, 0.3) is 0 Å². The third-order valence-electron chi connectivity index (χ3n) is 5.80. The van der Waals surface area contributed by atoms with E-state index < -0.39 is 0 Å². The fraction of sp³-hybridized carbons (Fsp3) is 0.600. The molecule has 152 valence electrons. The standard InChI is InChI=1S/C25H36N2O/c1-3-5-6-7-8-9-10-20-11-16-24-22(18-20)19-26-25(27-24)21-12-14-23(15-13-21)28-17-4-2/h12-15,19-20H,3-11,16-18H2,1-2H3. The lowest BCUT2D eigenvalue weighted by Gasteiger charge is -2.24. The topological polar surface area (TPSA) is 35.0 Å². The van der Waals surface area contributed by atoms with Crippen molar-refractivity contribution in [1.82, 2.24) is 9.97 Å². The summed E-state index contributed by atoms with van der Waals surface area (Å²) < 4.78 is 5.67. The van der Waals surface area contributed by atoms with Gasteiger partial charge in [-0.3, -0.25) is 0 Å². The molecule has 1 aromatic heterocycles. The number of hydrogen-bond donors (Lipinski definition) is 0. The van der Waals surface area contributed by atoms with E-state index in [4.69, 9.17) is 9.72 Å². The van der Waals surface area contributed by atoms with Crippen molar-refractivity contribution in [3.8, 4) is 17.1 Å². The molecular weight excluding hydrogens is 344 g/mol. The van der Waals surface area contributed by atoms with Crippen LogP contribution in [0.3, 0.4) is 0 Å². The summed E-state index contributed by atoms with van der Waals surface area (Å²) in [7, 11) is 0. The fourth-order valence-electron chi connectivity index (χ4n) is 4.10. The minimum Gasteiger partial charge on any atom is -0.494 e. The summed E-state index contributed by atoms with van der Waals surface area (Å²) in [4.78, 5) is 9.55. The van der Waals surface area contributed by atoms with Crippen molar-refractivity contribution < 1.29 is 4.74 Å². The number of unbranched alkanes of at least 4 members (excludes halogenated alkanes) is 5. The van der Waals surface area contributed by atoms with E-state index in [2.05, 4.69) is 37.2 Å². The van der Waals surface area contributed by atoms with Crippen LogP contribution in [0.25, 0.3) is 11.4 Å². The lowest BCUT2D eigenvalue weighted by atomic mass is 9.84. The zero-order chi connectivity index (χ0) is 19.6. The number of aromatic nitrogens is 2. The molecule has 3 nitrogen and oxygen atoms in total. The first kappa shape index (κ1) is 20.8. The molecule has 2 aromatic rings. The van der Waals surface area contributed by atoms with Gasteiger partial charge in [-0.1, -0.05) is 58.8 Å². The molecule has 1 unspecified atom stereocenters. The Hall–Kier alpha value is -1.90. The first-order valence-electron chi connectivity index (χ1n) is 11.4. The van der Waals surface area contributed by atoms with Crippen molar-refractivity contribution in [1.29, 1.82) is 0 Å². The van der Waals surface area contributed by atoms with Crippen LogP contribution in [0.4, 0.5) is 0 Å². The van der Waals surface area contributed by atoms with E-state index in [9.17, 15) is 0 Å². The third kappa shape index (κ3) is 6.05. The fourth-order valence-corrected chi connectivity index (χ4v) is 4.10. The molecule has 3 heteroatoms. The van der Waals surface area contributed by atoms with Gasteiger partial charge in [0.15, 0.2) is 5.82 Å². The van der Waals surface area contributed by atoms with Crippen molar-refractivity contribution in [3.63, 3.8) is 0 Å². The predicted molar refractivity (Wildman–Crippen MR) is 117 cm³/mol. The van der Waals surface area contributed by atoms with Gasteiger partial charge < -0.3 is 4.74 Å². The average Bonchev–Trinajstić information content (AvgIpc) is 2.74. The van der Waals surface area contributed by atoms with Crippen LogP contribution in [0, 0.1) is 5.92 Å². The lowest BCUT2D eigenvalue weighted by molar-refractivity contribution is 0.317. The summed E-state index contributed by atoms with van der Waals surface area (Å²) in [5.41, 5.74) is 3.70. The highest BCUT2D eigenvalue weighted by Crippen LogP contribution is 2.29. The molecule has 1 atom stereocenters. The Balaban J connectivity index is 1.52. The van der Waals surface area contributed by atoms with Gasteiger partial charge in [0, 0.05) is 17.5 Å². The molecule has 1 aromatic carbocycles. The van der Waals surface area contributed by atoms with Gasteiger partial charge in [-0.05, 0) is 61.4 Å². The molecule has 0 saturated heterocycles. The Labute approximate surface area is 171 Å². The smallest absolute Gasteiger partial charge is 0.159 e. The minimum absolute atomic E-state index is 0.759. The van der Waals surface area contributed by atoms with E-state index in [0.717, 1.165) is 48.9 Å². The second-order valence-electron chi connectivity index (χ2n) is 8.20. The highest BCUT2D eigenvalue weighted by Gasteiger charge is 2.20. The number of nitrogens with zero attached hydrogens (tertiary/aromatic N) is 2. The third-order valence-corrected chi connectivity index (χ3v) is 5.80. The van der Waals surface area contributed by atoms with Gasteiger partial charge in [-0.2, -0.15) is 0 Å². The van der Waals surface area contributed by atoms with Gasteiger partial charge in [-0.15, -0.1) is 0 Å². The summed E-state index contributed by atoms with van der Waals surface area (Å²) >= 11 is 0. The van der Waals surface area contributed by atoms with E-state index in [-0.39, 0.29) is 0 Å². The second-order valence-corrected chi connectivity index (χ2v) is 8.20. The second kappa shape index (κ2) is 11.2. The van der Waals surface area contributed by atoms with E-state index in [1.807, 2.05) is 12.1 Å². The van der Waals surface area contributed by atoms with Crippen LogP contribution in [-0.4, -0.2) is 16.6 Å². The van der Waals surface area contributed by atoms with Crippen LogP contribution in [0.1, 0.15) is 82.9 Å². The van der Waals surface area contributed by atoms with Crippen LogP contribution >= 0.6 is 0 Å². The highest BCUT2D eigenvalue weighted by molar-refractivity contribution is 5.56. The number of hydrogen-bond acceptors (Lipinski definition) is 3. The molecule has 0 radical (unpaired) electrons. The van der Waals surface area contributed by atoms with Crippen molar-refractivity contribution >= 4 is 0 Å². The molecule has 1 aliphatic carbocycles. The van der Waals surface area contributed by atoms with Gasteiger partial charge in [0.2, 0.25) is 0 Å². The molecule has 3 rings (SSSR count). The van der Waals surface area contributed by atoms with Gasteiger partial charge in [-0.25, -0.2) is 9.97 Å². The zero-order valence-corrected chi connectivity index (χ0v) is 17.8. The maximum atomic E-state index is 5.67. The van der Waals surface area contributed by atoms with Crippen molar-refractivity contribution in [2.45, 2.75) is 84.5 Å². The number of rotatable bonds is 11. The maximum absolute atomic E-state index is 5.67. The minimum atomic E-state index is 0.759. The highest BCUT2D eigenvalue weighted by atomic mass is 16.5. The molecule has 0 fully saturated rings. The first-order chi connectivity index (χ1) is 13.8. The van der Waals surface area contributed by atoms with Crippen LogP contribution in [-0.2, 0) is 12.8 Å². The average molecular weight is 381 g/mol. The summed E-state index contributed by atoms with van der Waals surface area (Å²) in [6.07, 6.45) is 16.3. The summed E-state index contributed by atoms with van der Waals surface area (Å²) in [5.74, 6) is 2.58. The summed E-state index contributed by atoms with van der Waals surface area (Å²) in [5, 5.41) is 0. The Morgan fingerprint density at radius 2 is 1.75 bits per heavy atom. The first-order valence-corrected chi connectivity index (χ1v) is 11.4. The Morgan fingerprint density at radius 3 is 2.54 bits per heavy atom. The van der Waals surface area contributed by atoms with Crippen molar-refractivity contribution in [2.75, 3.05) is 6.61 Å². The van der Waals surface area contributed by atoms with Crippen LogP contribution in [0.15, 0.2) is 30.5 Å². The number of fused-ring (bicyclic) bond motifs is 1. The molecule has 1 aliphatic rings. The molecule has 1 heterocycles. The molecule has 0 N–H and O–H groups in total. The van der Waals surface area contributed by atoms with E-state index in [1.165, 1.54) is 62.6 Å². The number of ether oxygens (including phenoxy) is 1. The van der Waals surface area contributed by atoms with Crippen LogP contribution in [0.5, 0.6) is 5.75 Å². The predicted octanol–water partition coefficient (Wildman–Crippen LogP) is 6.79. The van der Waals surface area contributed by atoms with E-state index >= 15 is 0 Å².